The van der Waals surface area contributed by atoms with Crippen LogP contribution in [0.25, 0.3) is 5.57 Å². The lowest BCUT2D eigenvalue weighted by atomic mass is 9.78. The first-order valence-electron chi connectivity index (χ1n) is 5.87. The van der Waals surface area contributed by atoms with Crippen LogP contribution in [0, 0.1) is 11.8 Å². The van der Waals surface area contributed by atoms with E-state index in [0.29, 0.717) is 5.92 Å². The third-order valence-electron chi connectivity index (χ3n) is 3.70. The van der Waals surface area contributed by atoms with E-state index in [-0.39, 0.29) is 0 Å². The van der Waals surface area contributed by atoms with Gasteiger partial charge in [-0.2, -0.15) is 0 Å². The Morgan fingerprint density at radius 2 is 2.25 bits per heavy atom. The fourth-order valence-corrected chi connectivity index (χ4v) is 3.12. The van der Waals surface area contributed by atoms with Crippen LogP contribution in [0.3, 0.4) is 0 Å². The van der Waals surface area contributed by atoms with Gasteiger partial charge in [-0.25, -0.2) is 4.98 Å². The van der Waals surface area contributed by atoms with Crippen molar-refractivity contribution in [2.45, 2.75) is 12.8 Å². The van der Waals surface area contributed by atoms with E-state index < -0.39 is 0 Å². The van der Waals surface area contributed by atoms with E-state index in [2.05, 4.69) is 38.4 Å². The topological polar surface area (TPSA) is 24.9 Å². The van der Waals surface area contributed by atoms with Gasteiger partial charge < -0.3 is 5.32 Å². The zero-order valence-corrected chi connectivity index (χ0v) is 10.7. The van der Waals surface area contributed by atoms with E-state index in [1.807, 2.05) is 12.3 Å². The highest BCUT2D eigenvalue weighted by Crippen LogP contribution is 2.38. The number of halogens is 1. The predicted molar refractivity (Wildman–Crippen MR) is 69.0 cm³/mol. The van der Waals surface area contributed by atoms with Crippen molar-refractivity contribution in [2.24, 2.45) is 11.8 Å². The Morgan fingerprint density at radius 1 is 1.31 bits per heavy atom. The van der Waals surface area contributed by atoms with Gasteiger partial charge in [0.15, 0.2) is 0 Å². The minimum atomic E-state index is 0.705. The van der Waals surface area contributed by atoms with Crippen LogP contribution in [0.5, 0.6) is 0 Å². The quantitative estimate of drug-likeness (QED) is 0.800. The maximum Gasteiger partial charge on any atom is 0.106 e. The number of rotatable bonds is 1. The predicted octanol–water partition coefficient (Wildman–Crippen LogP) is 2.86. The Bertz CT molecular complexity index is 410. The Balaban J connectivity index is 1.93. The number of hydrogen-bond donors (Lipinski definition) is 1. The zero-order chi connectivity index (χ0) is 11.0. The Labute approximate surface area is 104 Å². The molecule has 0 bridgehead atoms. The first-order chi connectivity index (χ1) is 7.84. The van der Waals surface area contributed by atoms with Gasteiger partial charge in [0.2, 0.25) is 0 Å². The molecule has 0 amide bonds. The summed E-state index contributed by atoms with van der Waals surface area (Å²) in [5.41, 5.74) is 2.79. The summed E-state index contributed by atoms with van der Waals surface area (Å²) < 4.78 is 0.911. The van der Waals surface area contributed by atoms with E-state index in [4.69, 9.17) is 0 Å². The van der Waals surface area contributed by atoms with Crippen molar-refractivity contribution in [3.8, 4) is 0 Å². The van der Waals surface area contributed by atoms with Gasteiger partial charge in [0.25, 0.3) is 0 Å². The molecule has 3 heteroatoms. The molecule has 0 spiro atoms. The minimum Gasteiger partial charge on any atom is -0.316 e. The summed E-state index contributed by atoms with van der Waals surface area (Å²) in [7, 11) is 0. The van der Waals surface area contributed by atoms with E-state index >= 15 is 0 Å². The molecule has 1 aromatic rings. The maximum atomic E-state index is 4.32. The average molecular weight is 279 g/mol. The zero-order valence-electron chi connectivity index (χ0n) is 9.12. The van der Waals surface area contributed by atoms with Gasteiger partial charge in [0.05, 0.1) is 0 Å². The third-order valence-corrected chi connectivity index (χ3v) is 4.17. The molecule has 0 radical (unpaired) electrons. The molecule has 16 heavy (non-hydrogen) atoms. The molecule has 1 aliphatic carbocycles. The molecule has 2 atom stereocenters. The molecule has 2 nitrogen and oxygen atoms in total. The molecule has 3 rings (SSSR count). The molecule has 0 aromatic carbocycles. The number of aromatic nitrogens is 1. The summed E-state index contributed by atoms with van der Waals surface area (Å²) in [6.45, 7) is 2.32. The minimum absolute atomic E-state index is 0.705. The summed E-state index contributed by atoms with van der Waals surface area (Å²) in [6.07, 6.45) is 6.94. The monoisotopic (exact) mass is 278 g/mol. The number of allylic oxidation sites excluding steroid dienone is 1. The smallest absolute Gasteiger partial charge is 0.106 e. The Morgan fingerprint density at radius 3 is 3.06 bits per heavy atom. The van der Waals surface area contributed by atoms with Crippen molar-refractivity contribution >= 4 is 21.5 Å². The third kappa shape index (κ3) is 1.82. The second kappa shape index (κ2) is 4.30. The summed E-state index contributed by atoms with van der Waals surface area (Å²) >= 11 is 3.38. The van der Waals surface area contributed by atoms with Gasteiger partial charge in [0.1, 0.15) is 4.60 Å². The van der Waals surface area contributed by atoms with Gasteiger partial charge in [-0.05, 0) is 58.4 Å². The van der Waals surface area contributed by atoms with Crippen LogP contribution in [0.15, 0.2) is 29.0 Å². The van der Waals surface area contributed by atoms with Crippen molar-refractivity contribution in [1.29, 1.82) is 0 Å². The summed E-state index contributed by atoms with van der Waals surface area (Å²) in [6, 6.07) is 4.20. The summed E-state index contributed by atoms with van der Waals surface area (Å²) in [5, 5.41) is 3.50. The molecule has 1 fully saturated rings. The molecule has 84 valence electrons. The van der Waals surface area contributed by atoms with Gasteiger partial charge >= 0.3 is 0 Å². The van der Waals surface area contributed by atoms with Crippen molar-refractivity contribution in [3.63, 3.8) is 0 Å². The van der Waals surface area contributed by atoms with E-state index in [1.165, 1.54) is 30.5 Å². The maximum absolute atomic E-state index is 4.32. The van der Waals surface area contributed by atoms with Gasteiger partial charge in [-0.15, -0.1) is 0 Å². The fourth-order valence-electron chi connectivity index (χ4n) is 2.88. The lowest BCUT2D eigenvalue weighted by Gasteiger charge is -2.26. The largest absolute Gasteiger partial charge is 0.316 e. The molecular weight excluding hydrogens is 264 g/mol. The Hall–Kier alpha value is -0.670. The molecule has 2 heterocycles. The number of nitrogens with one attached hydrogen (secondary N) is 1. The van der Waals surface area contributed by atoms with Crippen LogP contribution in [0.4, 0.5) is 0 Å². The van der Waals surface area contributed by atoms with Crippen molar-refractivity contribution in [3.05, 3.63) is 34.6 Å². The Kier molecular flexibility index (Phi) is 2.82. The van der Waals surface area contributed by atoms with Crippen molar-refractivity contribution in [1.82, 2.24) is 10.3 Å². The SMILES string of the molecule is Brc1ccc(C2=CCCC3CNCC23)cn1. The fraction of sp³-hybridized carbons (Fsp3) is 0.462. The number of pyridine rings is 1. The number of fused-ring (bicyclic) bond motifs is 1. The molecule has 1 aliphatic heterocycles. The van der Waals surface area contributed by atoms with Gasteiger partial charge in [0, 0.05) is 18.7 Å². The van der Waals surface area contributed by atoms with E-state index in [0.717, 1.165) is 17.1 Å². The average Bonchev–Trinajstić information content (AvgIpc) is 2.78. The first kappa shape index (κ1) is 10.5. The summed E-state index contributed by atoms with van der Waals surface area (Å²) in [4.78, 5) is 4.32. The number of nitrogens with zero attached hydrogens (tertiary/aromatic N) is 1. The lowest BCUT2D eigenvalue weighted by molar-refractivity contribution is 0.454. The number of hydrogen-bond acceptors (Lipinski definition) is 2. The summed E-state index contributed by atoms with van der Waals surface area (Å²) in [5.74, 6) is 1.54. The highest BCUT2D eigenvalue weighted by molar-refractivity contribution is 9.10. The van der Waals surface area contributed by atoms with E-state index in [1.54, 1.807) is 0 Å². The second-order valence-electron chi connectivity index (χ2n) is 4.63. The molecule has 2 aliphatic rings. The van der Waals surface area contributed by atoms with Gasteiger partial charge in [-0.3, -0.25) is 0 Å². The van der Waals surface area contributed by atoms with Crippen LogP contribution in [0.1, 0.15) is 18.4 Å². The van der Waals surface area contributed by atoms with Crippen LogP contribution >= 0.6 is 15.9 Å². The van der Waals surface area contributed by atoms with Crippen molar-refractivity contribution < 1.29 is 0 Å². The second-order valence-corrected chi connectivity index (χ2v) is 5.44. The molecule has 2 unspecified atom stereocenters. The molecule has 0 saturated carbocycles. The van der Waals surface area contributed by atoms with Crippen LogP contribution in [0.2, 0.25) is 0 Å². The molecule has 1 aromatic heterocycles. The van der Waals surface area contributed by atoms with Crippen LogP contribution in [-0.2, 0) is 0 Å². The standard InChI is InChI=1S/C13H15BrN2/c14-13-5-4-10(7-16-13)11-3-1-2-9-6-15-8-12(9)11/h3-5,7,9,12,15H,1-2,6,8H2. The normalized spacial score (nSPS) is 28.7. The molecule has 1 saturated heterocycles. The first-order valence-corrected chi connectivity index (χ1v) is 6.66. The highest BCUT2D eigenvalue weighted by Gasteiger charge is 2.32. The highest BCUT2D eigenvalue weighted by atomic mass is 79.9. The van der Waals surface area contributed by atoms with Gasteiger partial charge in [-0.1, -0.05) is 12.1 Å². The molecular formula is C13H15BrN2. The van der Waals surface area contributed by atoms with Crippen molar-refractivity contribution in [2.75, 3.05) is 13.1 Å². The molecule has 1 N–H and O–H groups in total. The lowest BCUT2D eigenvalue weighted by Crippen LogP contribution is -2.17. The van der Waals surface area contributed by atoms with E-state index in [9.17, 15) is 0 Å². The van der Waals surface area contributed by atoms with Crippen LogP contribution in [-0.4, -0.2) is 18.1 Å². The van der Waals surface area contributed by atoms with Crippen LogP contribution < -0.4 is 5.32 Å².